The van der Waals surface area contributed by atoms with Gasteiger partial charge in [0.25, 0.3) is 0 Å². The average Bonchev–Trinajstić information content (AvgIpc) is 3.36. The first-order valence-corrected chi connectivity index (χ1v) is 18.7. The number of nitrogens with zero attached hydrogens (tertiary/aromatic N) is 3. The van der Waals surface area contributed by atoms with Crippen LogP contribution in [-0.4, -0.2) is 15.0 Å². The van der Waals surface area contributed by atoms with E-state index in [0.717, 1.165) is 17.5 Å². The Bertz CT molecular complexity index is 1510. The molecule has 0 radical (unpaired) electrons. The Morgan fingerprint density at radius 1 is 0.522 bits per heavy atom. The molecule has 1 heterocycles. The third kappa shape index (κ3) is 8.26. The predicted octanol–water partition coefficient (Wildman–Crippen LogP) is 13.0. The van der Waals surface area contributed by atoms with Crippen LogP contribution in [0.25, 0.3) is 33.9 Å². The summed E-state index contributed by atoms with van der Waals surface area (Å²) >= 11 is 6.57. The first-order chi connectivity index (χ1) is 22.6. The largest absolute Gasteiger partial charge is 0.226 e. The molecule has 0 saturated heterocycles. The molecule has 1 aliphatic rings. The molecule has 4 heteroatoms. The summed E-state index contributed by atoms with van der Waals surface area (Å²) in [5.41, 5.74) is 9.10. The third-order valence-electron chi connectivity index (χ3n) is 10.1. The second-order valence-corrected chi connectivity index (χ2v) is 13.8. The smallest absolute Gasteiger partial charge is 0.208 e. The molecular weight excluding hydrogens is 582 g/mol. The van der Waals surface area contributed by atoms with Crippen molar-refractivity contribution in [2.45, 2.75) is 135 Å². The van der Waals surface area contributed by atoms with Crippen molar-refractivity contribution in [1.29, 1.82) is 0 Å². The van der Waals surface area contributed by atoms with E-state index in [0.29, 0.717) is 11.6 Å². The average molecular weight is 636 g/mol. The van der Waals surface area contributed by atoms with Crippen LogP contribution in [-0.2, 0) is 11.8 Å². The normalized spacial score (nSPS) is 13.1. The van der Waals surface area contributed by atoms with Gasteiger partial charge >= 0.3 is 0 Å². The van der Waals surface area contributed by atoms with E-state index in [-0.39, 0.29) is 10.7 Å². The van der Waals surface area contributed by atoms with Crippen LogP contribution in [0.5, 0.6) is 0 Å². The number of unbranched alkanes of at least 4 members (excludes halogenated alkanes) is 11. The quantitative estimate of drug-likeness (QED) is 0.0962. The Morgan fingerprint density at radius 2 is 1.07 bits per heavy atom. The molecule has 3 aromatic carbocycles. The van der Waals surface area contributed by atoms with E-state index in [1.54, 1.807) is 0 Å². The van der Waals surface area contributed by atoms with Gasteiger partial charge in [-0.25, -0.2) is 4.98 Å². The molecule has 0 unspecified atom stereocenters. The Kier molecular flexibility index (Phi) is 12.8. The number of aromatic nitrogens is 3. The number of fused-ring (bicyclic) bond motifs is 3. The van der Waals surface area contributed by atoms with Crippen molar-refractivity contribution >= 4 is 11.6 Å². The van der Waals surface area contributed by atoms with Crippen LogP contribution in [0.2, 0.25) is 5.28 Å². The zero-order valence-electron chi connectivity index (χ0n) is 28.6. The lowest BCUT2D eigenvalue weighted by atomic mass is 9.70. The highest BCUT2D eigenvalue weighted by Gasteiger charge is 2.42. The van der Waals surface area contributed by atoms with Crippen LogP contribution < -0.4 is 0 Å². The molecule has 1 aliphatic carbocycles. The molecule has 4 aromatic rings. The number of rotatable bonds is 19. The van der Waals surface area contributed by atoms with Crippen LogP contribution in [0.4, 0.5) is 0 Å². The maximum Gasteiger partial charge on any atom is 0.226 e. The van der Waals surface area contributed by atoms with Crippen LogP contribution in [0.3, 0.4) is 0 Å². The molecule has 0 N–H and O–H groups in total. The maximum absolute atomic E-state index is 6.57. The molecule has 0 fully saturated rings. The fourth-order valence-corrected chi connectivity index (χ4v) is 7.64. The molecule has 3 nitrogen and oxygen atoms in total. The predicted molar refractivity (Wildman–Crippen MR) is 197 cm³/mol. The SMILES string of the molecule is CCCCCCCCC1(CCCCCCCC)c2ccccc2-c2ccc(-c3nc(Cl)nc(-c4ccc(CCCC)cc4)n3)cc21. The van der Waals surface area contributed by atoms with Gasteiger partial charge in [0.1, 0.15) is 0 Å². The second kappa shape index (κ2) is 17.2. The Morgan fingerprint density at radius 3 is 1.72 bits per heavy atom. The Balaban J connectivity index is 1.48. The lowest BCUT2D eigenvalue weighted by Crippen LogP contribution is -2.25. The summed E-state index contributed by atoms with van der Waals surface area (Å²) in [6.07, 6.45) is 21.6. The van der Waals surface area contributed by atoms with E-state index < -0.39 is 0 Å². The van der Waals surface area contributed by atoms with Crippen molar-refractivity contribution in [3.8, 4) is 33.9 Å². The number of hydrogen-bond acceptors (Lipinski definition) is 3. The highest BCUT2D eigenvalue weighted by molar-refractivity contribution is 6.28. The lowest BCUT2D eigenvalue weighted by molar-refractivity contribution is 0.398. The van der Waals surface area contributed by atoms with Crippen molar-refractivity contribution in [1.82, 2.24) is 15.0 Å². The van der Waals surface area contributed by atoms with Crippen LogP contribution >= 0.6 is 11.6 Å². The molecule has 0 saturated carbocycles. The summed E-state index contributed by atoms with van der Waals surface area (Å²) in [5, 5.41) is 0.240. The first-order valence-electron chi connectivity index (χ1n) is 18.3. The van der Waals surface area contributed by atoms with Gasteiger partial charge in [0.15, 0.2) is 11.6 Å². The zero-order chi connectivity index (χ0) is 32.2. The van der Waals surface area contributed by atoms with Crippen molar-refractivity contribution in [2.24, 2.45) is 0 Å². The highest BCUT2D eigenvalue weighted by Crippen LogP contribution is 2.54. The molecule has 46 heavy (non-hydrogen) atoms. The van der Waals surface area contributed by atoms with Gasteiger partial charge in [0.2, 0.25) is 5.28 Å². The van der Waals surface area contributed by atoms with Crippen molar-refractivity contribution in [2.75, 3.05) is 0 Å². The number of hydrogen-bond donors (Lipinski definition) is 0. The Hall–Kier alpha value is -3.04. The molecule has 0 amide bonds. The van der Waals surface area contributed by atoms with Gasteiger partial charge in [-0.15, -0.1) is 0 Å². The van der Waals surface area contributed by atoms with Crippen molar-refractivity contribution < 1.29 is 0 Å². The van der Waals surface area contributed by atoms with Gasteiger partial charge in [-0.05, 0) is 71.2 Å². The maximum atomic E-state index is 6.57. The minimum Gasteiger partial charge on any atom is -0.208 e. The molecule has 5 rings (SSSR count). The Labute approximate surface area is 283 Å². The van der Waals surface area contributed by atoms with Crippen molar-refractivity contribution in [3.63, 3.8) is 0 Å². The second-order valence-electron chi connectivity index (χ2n) is 13.5. The molecular formula is C42H54ClN3. The topological polar surface area (TPSA) is 38.7 Å². The summed E-state index contributed by atoms with van der Waals surface area (Å²) in [5.74, 6) is 1.28. The van der Waals surface area contributed by atoms with Gasteiger partial charge in [-0.3, -0.25) is 0 Å². The fourth-order valence-electron chi connectivity index (χ4n) is 7.48. The summed E-state index contributed by atoms with van der Waals surface area (Å²) in [6, 6.07) is 24.7. The van der Waals surface area contributed by atoms with E-state index in [4.69, 9.17) is 16.6 Å². The summed E-state index contributed by atoms with van der Waals surface area (Å²) in [6.45, 7) is 6.83. The summed E-state index contributed by atoms with van der Waals surface area (Å²) in [7, 11) is 0. The van der Waals surface area contributed by atoms with Crippen LogP contribution in [0.1, 0.15) is 140 Å². The molecule has 0 aliphatic heterocycles. The van der Waals surface area contributed by atoms with E-state index in [1.165, 1.54) is 131 Å². The van der Waals surface area contributed by atoms with E-state index in [9.17, 15) is 0 Å². The first kappa shape index (κ1) is 34.3. The number of benzene rings is 3. The van der Waals surface area contributed by atoms with E-state index in [2.05, 4.69) is 97.5 Å². The highest BCUT2D eigenvalue weighted by atomic mass is 35.5. The van der Waals surface area contributed by atoms with E-state index >= 15 is 0 Å². The minimum atomic E-state index is 0.0193. The van der Waals surface area contributed by atoms with Crippen molar-refractivity contribution in [3.05, 3.63) is 88.7 Å². The standard InChI is InChI=1S/C42H54ClN3/c1-4-7-10-12-14-18-29-42(30-19-15-13-11-8-5-2)37-22-17-16-21-35(37)36-28-27-34(31-38(36)42)40-44-39(45-41(43)46-40)33-25-23-32(24-26-33)20-9-6-3/h16-17,21-28,31H,4-15,18-20,29-30H2,1-3H3. The zero-order valence-corrected chi connectivity index (χ0v) is 29.3. The molecule has 0 bridgehead atoms. The third-order valence-corrected chi connectivity index (χ3v) is 10.2. The van der Waals surface area contributed by atoms with Gasteiger partial charge in [0, 0.05) is 16.5 Å². The number of halogens is 1. The number of aryl methyl sites for hydroxylation is 1. The lowest BCUT2D eigenvalue weighted by Gasteiger charge is -2.33. The molecule has 0 atom stereocenters. The molecule has 0 spiro atoms. The van der Waals surface area contributed by atoms with E-state index in [1.807, 2.05) is 0 Å². The van der Waals surface area contributed by atoms with Gasteiger partial charge < -0.3 is 0 Å². The van der Waals surface area contributed by atoms with Gasteiger partial charge in [-0.1, -0.05) is 165 Å². The minimum absolute atomic E-state index is 0.0193. The molecule has 244 valence electrons. The fraction of sp³-hybridized carbons (Fsp3) is 0.500. The molecule has 1 aromatic heterocycles. The summed E-state index contributed by atoms with van der Waals surface area (Å²) in [4.78, 5) is 14.2. The van der Waals surface area contributed by atoms with Crippen LogP contribution in [0.15, 0.2) is 66.7 Å². The van der Waals surface area contributed by atoms with Gasteiger partial charge in [0.05, 0.1) is 0 Å². The monoisotopic (exact) mass is 635 g/mol. The van der Waals surface area contributed by atoms with Gasteiger partial charge in [-0.2, -0.15) is 9.97 Å². The van der Waals surface area contributed by atoms with Crippen LogP contribution in [0, 0.1) is 0 Å². The summed E-state index contributed by atoms with van der Waals surface area (Å²) < 4.78 is 0.